The molecule has 4 nitrogen and oxygen atoms in total. The first kappa shape index (κ1) is 17.7. The van der Waals surface area contributed by atoms with Gasteiger partial charge in [-0.2, -0.15) is 0 Å². The van der Waals surface area contributed by atoms with Crippen molar-refractivity contribution in [1.29, 1.82) is 0 Å². The number of benzene rings is 1. The Hall–Kier alpha value is -1.68. The van der Waals surface area contributed by atoms with Gasteiger partial charge in [0.1, 0.15) is 5.78 Å². The summed E-state index contributed by atoms with van der Waals surface area (Å²) in [6, 6.07) is 4.15. The van der Waals surface area contributed by atoms with E-state index < -0.39 is 17.8 Å². The van der Waals surface area contributed by atoms with Crippen LogP contribution in [0.2, 0.25) is 0 Å². The molecule has 0 bridgehead atoms. The second kappa shape index (κ2) is 7.26. The molecule has 23 heavy (non-hydrogen) atoms. The lowest BCUT2D eigenvalue weighted by Crippen LogP contribution is -2.38. The van der Waals surface area contributed by atoms with Gasteiger partial charge in [0.05, 0.1) is 12.0 Å². The van der Waals surface area contributed by atoms with Crippen LogP contribution in [-0.2, 0) is 20.7 Å². The Morgan fingerprint density at radius 1 is 1.13 bits per heavy atom. The molecule has 4 heteroatoms. The van der Waals surface area contributed by atoms with E-state index in [-0.39, 0.29) is 11.9 Å². The summed E-state index contributed by atoms with van der Waals surface area (Å²) in [5, 5.41) is 9.44. The van der Waals surface area contributed by atoms with Crippen LogP contribution in [0, 0.1) is 32.6 Å². The van der Waals surface area contributed by atoms with Crippen LogP contribution < -0.4 is 0 Å². The third-order valence-electron chi connectivity index (χ3n) is 5.06. The quantitative estimate of drug-likeness (QED) is 0.905. The second-order valence-electron chi connectivity index (χ2n) is 6.74. The van der Waals surface area contributed by atoms with Gasteiger partial charge in [-0.25, -0.2) is 0 Å². The number of carboxylic acids is 1. The fraction of sp³-hybridized carbons (Fsp3) is 0.579. The Morgan fingerprint density at radius 3 is 2.26 bits per heavy atom. The molecule has 0 spiro atoms. The van der Waals surface area contributed by atoms with Crippen LogP contribution in [0.3, 0.4) is 0 Å². The Balaban J connectivity index is 2.22. The minimum Gasteiger partial charge on any atom is -0.481 e. The molecular formula is C19H26O4. The lowest BCUT2D eigenvalue weighted by atomic mass is 9.74. The summed E-state index contributed by atoms with van der Waals surface area (Å²) in [4.78, 5) is 24.3. The Morgan fingerprint density at radius 2 is 1.74 bits per heavy atom. The van der Waals surface area contributed by atoms with E-state index in [4.69, 9.17) is 4.74 Å². The maximum Gasteiger partial charge on any atom is 0.307 e. The van der Waals surface area contributed by atoms with E-state index in [9.17, 15) is 14.7 Å². The molecule has 3 unspecified atom stereocenters. The Kier molecular flexibility index (Phi) is 5.58. The van der Waals surface area contributed by atoms with Crippen molar-refractivity contribution in [2.24, 2.45) is 11.8 Å². The lowest BCUT2D eigenvalue weighted by Gasteiger charge is -2.32. The summed E-state index contributed by atoms with van der Waals surface area (Å²) in [7, 11) is 1.63. The molecule has 1 N–H and O–H groups in total. The molecule has 126 valence electrons. The minimum atomic E-state index is -0.866. The van der Waals surface area contributed by atoms with Crippen LogP contribution in [0.15, 0.2) is 12.1 Å². The van der Waals surface area contributed by atoms with Crippen molar-refractivity contribution in [2.45, 2.75) is 52.6 Å². The zero-order valence-corrected chi connectivity index (χ0v) is 14.4. The average Bonchev–Trinajstić information content (AvgIpc) is 2.49. The molecule has 1 saturated carbocycles. The molecular weight excluding hydrogens is 292 g/mol. The van der Waals surface area contributed by atoms with Crippen molar-refractivity contribution in [1.82, 2.24) is 0 Å². The molecule has 0 saturated heterocycles. The van der Waals surface area contributed by atoms with Gasteiger partial charge in [-0.15, -0.1) is 0 Å². The van der Waals surface area contributed by atoms with Gasteiger partial charge in [0.25, 0.3) is 0 Å². The van der Waals surface area contributed by atoms with Gasteiger partial charge in [-0.3, -0.25) is 9.59 Å². The van der Waals surface area contributed by atoms with Crippen LogP contribution in [0.4, 0.5) is 0 Å². The number of carbonyl (C=O) groups excluding carboxylic acids is 1. The number of aryl methyl sites for hydroxylation is 3. The number of aliphatic carboxylic acids is 1. The number of methoxy groups -OCH3 is 1. The zero-order valence-electron chi connectivity index (χ0n) is 14.4. The molecule has 1 aliphatic carbocycles. The van der Waals surface area contributed by atoms with E-state index in [0.29, 0.717) is 25.7 Å². The highest BCUT2D eigenvalue weighted by molar-refractivity contribution is 5.88. The monoisotopic (exact) mass is 318 g/mol. The molecule has 1 aliphatic rings. The van der Waals surface area contributed by atoms with Crippen LogP contribution in [0.5, 0.6) is 0 Å². The van der Waals surface area contributed by atoms with Gasteiger partial charge >= 0.3 is 5.97 Å². The van der Waals surface area contributed by atoms with Crippen molar-refractivity contribution >= 4 is 11.8 Å². The molecule has 1 aromatic rings. The van der Waals surface area contributed by atoms with E-state index in [0.717, 1.165) is 16.7 Å². The van der Waals surface area contributed by atoms with Gasteiger partial charge in [0, 0.05) is 19.4 Å². The number of hydrogen-bond donors (Lipinski definition) is 1. The second-order valence-corrected chi connectivity index (χ2v) is 6.74. The first-order valence-corrected chi connectivity index (χ1v) is 8.18. The van der Waals surface area contributed by atoms with E-state index in [1.807, 2.05) is 20.8 Å². The first-order chi connectivity index (χ1) is 10.8. The fourth-order valence-electron chi connectivity index (χ4n) is 3.79. The topological polar surface area (TPSA) is 63.6 Å². The standard InChI is InChI=1S/C19H26O4/c1-11-7-12(2)16(13(3)8-11)10-18(20)17-9-14(23-4)5-6-15(17)19(21)22/h7-8,14-15,17H,5-6,9-10H2,1-4H3,(H,21,22). The van der Waals surface area contributed by atoms with E-state index in [1.165, 1.54) is 5.56 Å². The van der Waals surface area contributed by atoms with Gasteiger partial charge in [-0.1, -0.05) is 17.7 Å². The first-order valence-electron chi connectivity index (χ1n) is 8.18. The highest BCUT2D eigenvalue weighted by Crippen LogP contribution is 2.34. The predicted octanol–water partition coefficient (Wildman–Crippen LogP) is 3.24. The number of carbonyl (C=O) groups is 2. The number of hydrogen-bond acceptors (Lipinski definition) is 3. The maximum atomic E-state index is 12.8. The molecule has 0 radical (unpaired) electrons. The molecule has 1 fully saturated rings. The lowest BCUT2D eigenvalue weighted by molar-refractivity contribution is -0.150. The van der Waals surface area contributed by atoms with Gasteiger partial charge in [0.2, 0.25) is 0 Å². The van der Waals surface area contributed by atoms with Crippen molar-refractivity contribution in [2.75, 3.05) is 7.11 Å². The van der Waals surface area contributed by atoms with Crippen molar-refractivity contribution in [3.63, 3.8) is 0 Å². The number of Topliss-reactive ketones (excluding diaryl/α,β-unsaturated/α-hetero) is 1. The SMILES string of the molecule is COC1CCC(C(=O)O)C(C(=O)Cc2c(C)cc(C)cc2C)C1. The maximum absolute atomic E-state index is 12.8. The molecule has 0 aliphatic heterocycles. The number of carboxylic acid groups (broad SMARTS) is 1. The normalized spacial score (nSPS) is 24.4. The summed E-state index contributed by atoms with van der Waals surface area (Å²) >= 11 is 0. The van der Waals surface area contributed by atoms with E-state index in [2.05, 4.69) is 12.1 Å². The third-order valence-corrected chi connectivity index (χ3v) is 5.06. The van der Waals surface area contributed by atoms with Crippen LogP contribution in [0.1, 0.15) is 41.5 Å². The molecule has 0 heterocycles. The Labute approximate surface area is 137 Å². The summed E-state index contributed by atoms with van der Waals surface area (Å²) < 4.78 is 5.37. The van der Waals surface area contributed by atoms with Gasteiger partial charge < -0.3 is 9.84 Å². The highest BCUT2D eigenvalue weighted by Gasteiger charge is 2.39. The highest BCUT2D eigenvalue weighted by atomic mass is 16.5. The van der Waals surface area contributed by atoms with E-state index in [1.54, 1.807) is 7.11 Å². The Bertz CT molecular complexity index is 582. The zero-order chi connectivity index (χ0) is 17.1. The van der Waals surface area contributed by atoms with Crippen LogP contribution >= 0.6 is 0 Å². The third kappa shape index (κ3) is 3.99. The summed E-state index contributed by atoms with van der Waals surface area (Å²) in [5.74, 6) is -1.88. The minimum absolute atomic E-state index is 0.0141. The molecule has 0 amide bonds. The van der Waals surface area contributed by atoms with Crippen LogP contribution in [0.25, 0.3) is 0 Å². The smallest absolute Gasteiger partial charge is 0.307 e. The fourth-order valence-corrected chi connectivity index (χ4v) is 3.79. The van der Waals surface area contributed by atoms with Crippen molar-refractivity contribution in [3.8, 4) is 0 Å². The largest absolute Gasteiger partial charge is 0.481 e. The molecule has 2 rings (SSSR count). The molecule has 0 aromatic heterocycles. The summed E-state index contributed by atoms with van der Waals surface area (Å²) in [5.41, 5.74) is 4.41. The average molecular weight is 318 g/mol. The number of ether oxygens (including phenoxy) is 1. The van der Waals surface area contributed by atoms with E-state index >= 15 is 0 Å². The summed E-state index contributed by atoms with van der Waals surface area (Å²) in [6.45, 7) is 6.06. The van der Waals surface area contributed by atoms with Crippen molar-refractivity contribution < 1.29 is 19.4 Å². The number of ketones is 1. The van der Waals surface area contributed by atoms with Gasteiger partial charge in [0.15, 0.2) is 0 Å². The molecule has 3 atom stereocenters. The predicted molar refractivity (Wildman–Crippen MR) is 88.6 cm³/mol. The summed E-state index contributed by atoms with van der Waals surface area (Å²) in [6.07, 6.45) is 2.02. The van der Waals surface area contributed by atoms with Crippen molar-refractivity contribution in [3.05, 3.63) is 34.4 Å². The van der Waals surface area contributed by atoms with Crippen LogP contribution in [-0.4, -0.2) is 30.1 Å². The van der Waals surface area contributed by atoms with Gasteiger partial charge in [-0.05, 0) is 56.7 Å². The molecule has 1 aromatic carbocycles. The number of rotatable bonds is 5.